The number of hydrogen-bond donors (Lipinski definition) is 2. The fraction of sp³-hybridized carbons (Fsp3) is 0.318. The summed E-state index contributed by atoms with van der Waals surface area (Å²) in [6, 6.07) is 10.1. The molecule has 164 valence electrons. The molecule has 3 heterocycles. The number of halogens is 1. The molecular formula is C22H26IN5O2S. The summed E-state index contributed by atoms with van der Waals surface area (Å²) in [6.07, 6.45) is 2.56. The van der Waals surface area contributed by atoms with Gasteiger partial charge in [-0.2, -0.15) is 0 Å². The first-order chi connectivity index (χ1) is 14.6. The number of benzene rings is 1. The Morgan fingerprint density at radius 1 is 1.26 bits per heavy atom. The fourth-order valence-electron chi connectivity index (χ4n) is 3.34. The summed E-state index contributed by atoms with van der Waals surface area (Å²) in [7, 11) is 1.68. The summed E-state index contributed by atoms with van der Waals surface area (Å²) in [6.45, 7) is 4.15. The Balaban J connectivity index is 0.00000272. The largest absolute Gasteiger partial charge is 0.444 e. The Morgan fingerprint density at radius 3 is 2.84 bits per heavy atom. The van der Waals surface area contributed by atoms with Crippen molar-refractivity contribution in [2.75, 3.05) is 20.1 Å². The van der Waals surface area contributed by atoms with E-state index in [0.717, 1.165) is 24.2 Å². The first-order valence-corrected chi connectivity index (χ1v) is 10.8. The van der Waals surface area contributed by atoms with Crippen LogP contribution in [-0.2, 0) is 24.3 Å². The molecule has 4 rings (SSSR count). The highest BCUT2D eigenvalue weighted by Gasteiger charge is 2.21. The van der Waals surface area contributed by atoms with E-state index >= 15 is 0 Å². The van der Waals surface area contributed by atoms with Gasteiger partial charge >= 0.3 is 0 Å². The molecule has 0 atom stereocenters. The van der Waals surface area contributed by atoms with Gasteiger partial charge in [0.15, 0.2) is 5.96 Å². The number of aromatic nitrogens is 1. The van der Waals surface area contributed by atoms with Crippen molar-refractivity contribution in [3.05, 3.63) is 63.7 Å². The van der Waals surface area contributed by atoms with Gasteiger partial charge in [-0.1, -0.05) is 17.7 Å². The zero-order valence-corrected chi connectivity index (χ0v) is 20.7. The monoisotopic (exact) mass is 551 g/mol. The normalized spacial score (nSPS) is 13.4. The second-order valence-electron chi connectivity index (χ2n) is 7.22. The van der Waals surface area contributed by atoms with E-state index in [4.69, 9.17) is 4.42 Å². The number of guanidine groups is 1. The van der Waals surface area contributed by atoms with Gasteiger partial charge in [0.05, 0.1) is 18.8 Å². The number of thiophene rings is 1. The summed E-state index contributed by atoms with van der Waals surface area (Å²) in [4.78, 5) is 24.6. The molecule has 7 nitrogen and oxygen atoms in total. The lowest BCUT2D eigenvalue weighted by Crippen LogP contribution is -2.45. The predicted molar refractivity (Wildman–Crippen MR) is 134 cm³/mol. The minimum Gasteiger partial charge on any atom is -0.444 e. The molecule has 0 aliphatic carbocycles. The second-order valence-corrected chi connectivity index (χ2v) is 8.22. The molecule has 0 bridgehead atoms. The highest BCUT2D eigenvalue weighted by molar-refractivity contribution is 14.0. The number of carbonyl (C=O) groups excluding carboxylic acids is 1. The van der Waals surface area contributed by atoms with Gasteiger partial charge in [0.2, 0.25) is 11.8 Å². The molecule has 0 saturated heterocycles. The lowest BCUT2D eigenvalue weighted by Gasteiger charge is -2.27. The first kappa shape index (κ1) is 23.3. The maximum Gasteiger partial charge on any atom is 0.242 e. The molecule has 2 aromatic heterocycles. The minimum absolute atomic E-state index is 0. The Bertz CT molecular complexity index is 1040. The number of hydrogen-bond acceptors (Lipinski definition) is 5. The molecule has 1 aliphatic rings. The van der Waals surface area contributed by atoms with Crippen LogP contribution in [0.4, 0.5) is 0 Å². The van der Waals surface area contributed by atoms with Crippen molar-refractivity contribution in [3.8, 4) is 11.5 Å². The van der Waals surface area contributed by atoms with Crippen LogP contribution in [0, 0.1) is 6.92 Å². The number of nitrogens with one attached hydrogen (secondary N) is 2. The van der Waals surface area contributed by atoms with Crippen LogP contribution in [0.15, 0.2) is 51.4 Å². The van der Waals surface area contributed by atoms with Crippen molar-refractivity contribution in [1.82, 2.24) is 20.5 Å². The number of rotatable bonds is 5. The molecule has 0 saturated carbocycles. The maximum absolute atomic E-state index is 12.6. The van der Waals surface area contributed by atoms with E-state index in [1.165, 1.54) is 16.0 Å². The van der Waals surface area contributed by atoms with Crippen molar-refractivity contribution in [2.45, 2.75) is 26.4 Å². The number of fused-ring (bicyclic) bond motifs is 1. The number of nitrogens with zero attached hydrogens (tertiary/aromatic N) is 3. The van der Waals surface area contributed by atoms with Crippen LogP contribution >= 0.6 is 35.3 Å². The molecule has 0 spiro atoms. The minimum atomic E-state index is 0. The van der Waals surface area contributed by atoms with E-state index in [0.29, 0.717) is 24.9 Å². The highest BCUT2D eigenvalue weighted by atomic mass is 127. The molecule has 9 heteroatoms. The summed E-state index contributed by atoms with van der Waals surface area (Å²) < 4.78 is 5.58. The molecule has 0 unspecified atom stereocenters. The average Bonchev–Trinajstić information content (AvgIpc) is 3.43. The van der Waals surface area contributed by atoms with Crippen LogP contribution < -0.4 is 10.6 Å². The molecule has 0 radical (unpaired) electrons. The van der Waals surface area contributed by atoms with E-state index in [-0.39, 0.29) is 36.4 Å². The summed E-state index contributed by atoms with van der Waals surface area (Å²) >= 11 is 1.77. The Hall–Kier alpha value is -2.40. The van der Waals surface area contributed by atoms with Gasteiger partial charge in [0.25, 0.3) is 0 Å². The van der Waals surface area contributed by atoms with Crippen LogP contribution in [0.3, 0.4) is 0 Å². The molecule has 31 heavy (non-hydrogen) atoms. The molecule has 2 N–H and O–H groups in total. The van der Waals surface area contributed by atoms with Gasteiger partial charge in [-0.3, -0.25) is 9.79 Å². The van der Waals surface area contributed by atoms with Crippen molar-refractivity contribution < 1.29 is 9.21 Å². The zero-order chi connectivity index (χ0) is 20.9. The number of carbonyl (C=O) groups is 1. The summed E-state index contributed by atoms with van der Waals surface area (Å²) in [5, 5.41) is 8.36. The van der Waals surface area contributed by atoms with Gasteiger partial charge in [0, 0.05) is 30.6 Å². The topological polar surface area (TPSA) is 82.8 Å². The first-order valence-electron chi connectivity index (χ1n) is 9.91. The molecule has 1 aliphatic heterocycles. The lowest BCUT2D eigenvalue weighted by atomic mass is 10.1. The van der Waals surface area contributed by atoms with Crippen LogP contribution in [0.1, 0.15) is 21.7 Å². The smallest absolute Gasteiger partial charge is 0.242 e. The number of oxazole rings is 1. The quantitative estimate of drug-likeness (QED) is 0.288. The third kappa shape index (κ3) is 5.85. The Labute approximate surface area is 203 Å². The van der Waals surface area contributed by atoms with E-state index in [1.807, 2.05) is 36.1 Å². The summed E-state index contributed by atoms with van der Waals surface area (Å²) in [5.41, 5.74) is 4.16. The number of aryl methyl sites for hydroxylation is 1. The van der Waals surface area contributed by atoms with Crippen LogP contribution in [0.2, 0.25) is 0 Å². The molecule has 3 aromatic rings. The van der Waals surface area contributed by atoms with E-state index in [1.54, 1.807) is 24.6 Å². The maximum atomic E-state index is 12.6. The third-order valence-electron chi connectivity index (χ3n) is 5.08. The van der Waals surface area contributed by atoms with E-state index < -0.39 is 0 Å². The van der Waals surface area contributed by atoms with Gasteiger partial charge < -0.3 is 20.0 Å². The molecule has 1 aromatic carbocycles. The van der Waals surface area contributed by atoms with Crippen LogP contribution in [0.25, 0.3) is 11.5 Å². The SMILES string of the molecule is CN=C(NCC(=O)N1CCc2sccc2C1)NCc1coc(-c2ccc(C)cc2)n1.I. The lowest BCUT2D eigenvalue weighted by molar-refractivity contribution is -0.130. The third-order valence-corrected chi connectivity index (χ3v) is 6.10. The highest BCUT2D eigenvalue weighted by Crippen LogP contribution is 2.24. The predicted octanol–water partition coefficient (Wildman–Crippen LogP) is 3.58. The average molecular weight is 551 g/mol. The molecular weight excluding hydrogens is 525 g/mol. The Morgan fingerprint density at radius 2 is 2.06 bits per heavy atom. The van der Waals surface area contributed by atoms with Crippen molar-refractivity contribution in [3.63, 3.8) is 0 Å². The van der Waals surface area contributed by atoms with E-state index in [9.17, 15) is 4.79 Å². The van der Waals surface area contributed by atoms with E-state index in [2.05, 4.69) is 32.1 Å². The second kappa shape index (κ2) is 10.8. The van der Waals surface area contributed by atoms with Gasteiger partial charge in [-0.15, -0.1) is 35.3 Å². The van der Waals surface area contributed by atoms with Gasteiger partial charge in [-0.25, -0.2) is 4.98 Å². The fourth-order valence-corrected chi connectivity index (χ4v) is 4.23. The number of aliphatic imine (C=N–C) groups is 1. The van der Waals surface area contributed by atoms with Crippen molar-refractivity contribution in [1.29, 1.82) is 0 Å². The standard InChI is InChI=1S/C22H25N5O2S.HI/c1-15-3-5-16(6-4-15)21-26-18(14-29-21)11-24-22(23-2)25-12-20(28)27-9-7-19-17(13-27)8-10-30-19;/h3-6,8,10,14H,7,9,11-13H2,1-2H3,(H2,23,24,25);1H. The Kier molecular flexibility index (Phi) is 8.08. The van der Waals surface area contributed by atoms with Gasteiger partial charge in [-0.05, 0) is 42.5 Å². The van der Waals surface area contributed by atoms with Crippen molar-refractivity contribution >= 4 is 47.2 Å². The van der Waals surface area contributed by atoms with Crippen LogP contribution in [-0.4, -0.2) is 41.9 Å². The zero-order valence-electron chi connectivity index (χ0n) is 17.6. The summed E-state index contributed by atoms with van der Waals surface area (Å²) in [5.74, 6) is 1.21. The number of amides is 1. The van der Waals surface area contributed by atoms with Crippen molar-refractivity contribution in [2.24, 2.45) is 4.99 Å². The van der Waals surface area contributed by atoms with Crippen LogP contribution in [0.5, 0.6) is 0 Å². The van der Waals surface area contributed by atoms with Gasteiger partial charge in [0.1, 0.15) is 6.26 Å². The molecule has 1 amide bonds. The molecule has 0 fully saturated rings.